The van der Waals surface area contributed by atoms with Crippen LogP contribution in [0.5, 0.6) is 5.75 Å². The minimum Gasteiger partial charge on any atom is -0.497 e. The number of fused-ring (bicyclic) bond motifs is 5. The van der Waals surface area contributed by atoms with E-state index < -0.39 is 10.8 Å². The van der Waals surface area contributed by atoms with Gasteiger partial charge in [0.25, 0.3) is 0 Å². The number of Topliss-reactive ketones (excluding diaryl/α,β-unsaturated/α-hetero) is 1. The van der Waals surface area contributed by atoms with Gasteiger partial charge >= 0.3 is 0 Å². The van der Waals surface area contributed by atoms with Gasteiger partial charge in [0.15, 0.2) is 5.78 Å². The Labute approximate surface area is 165 Å². The van der Waals surface area contributed by atoms with Crippen LogP contribution >= 0.6 is 0 Å². The molecule has 0 aromatic heterocycles. The van der Waals surface area contributed by atoms with Gasteiger partial charge in [0.2, 0.25) is 0 Å². The van der Waals surface area contributed by atoms with Gasteiger partial charge in [0.1, 0.15) is 5.75 Å². The van der Waals surface area contributed by atoms with Crippen LogP contribution in [0.2, 0.25) is 0 Å². The number of benzene rings is 3. The number of ketones is 1. The van der Waals surface area contributed by atoms with Gasteiger partial charge in [-0.05, 0) is 48.2 Å². The van der Waals surface area contributed by atoms with Crippen LogP contribution in [0.25, 0.3) is 6.08 Å². The van der Waals surface area contributed by atoms with Crippen molar-refractivity contribution in [3.05, 3.63) is 106 Å². The number of hydrogen-bond acceptors (Lipinski definition) is 2. The van der Waals surface area contributed by atoms with E-state index in [2.05, 4.69) is 62.4 Å². The fourth-order valence-electron chi connectivity index (χ4n) is 5.58. The van der Waals surface area contributed by atoms with E-state index in [4.69, 9.17) is 4.74 Å². The molecule has 0 radical (unpaired) electrons. The van der Waals surface area contributed by atoms with E-state index in [0.29, 0.717) is 5.75 Å². The maximum atomic E-state index is 14.2. The van der Waals surface area contributed by atoms with E-state index >= 15 is 0 Å². The monoisotopic (exact) mass is 366 g/mol. The number of ether oxygens (including phenoxy) is 1. The molecule has 5 rings (SSSR count). The van der Waals surface area contributed by atoms with E-state index in [0.717, 1.165) is 22.3 Å². The summed E-state index contributed by atoms with van der Waals surface area (Å²) in [5.74, 6) is 0.867. The van der Waals surface area contributed by atoms with Crippen molar-refractivity contribution in [1.29, 1.82) is 0 Å². The molecule has 0 heterocycles. The Morgan fingerprint density at radius 1 is 0.857 bits per heavy atom. The average Bonchev–Trinajstić information content (AvgIpc) is 2.94. The van der Waals surface area contributed by atoms with Gasteiger partial charge in [-0.3, -0.25) is 4.79 Å². The molecule has 2 heteroatoms. The van der Waals surface area contributed by atoms with E-state index in [1.807, 2.05) is 30.3 Å². The standard InChI is InChI=1S/C26H22O2/c1-17-15-18-9-7-8-12-22(18)25(2)23-14-13-20(28-3)16-21(23)24(27)26(17,25)19-10-5-4-6-11-19/h4-16H,1-3H3/t25-,26-/m1/s1. The molecule has 2 nitrogen and oxygen atoms in total. The largest absolute Gasteiger partial charge is 0.497 e. The summed E-state index contributed by atoms with van der Waals surface area (Å²) in [6.45, 7) is 4.33. The topological polar surface area (TPSA) is 26.3 Å². The first-order valence-electron chi connectivity index (χ1n) is 9.62. The van der Waals surface area contributed by atoms with E-state index in [-0.39, 0.29) is 5.78 Å². The van der Waals surface area contributed by atoms with Crippen molar-refractivity contribution in [3.8, 4) is 5.75 Å². The van der Waals surface area contributed by atoms with E-state index in [1.54, 1.807) is 7.11 Å². The van der Waals surface area contributed by atoms with Crippen LogP contribution in [0.3, 0.4) is 0 Å². The third-order valence-electron chi connectivity index (χ3n) is 6.77. The molecule has 0 saturated carbocycles. The van der Waals surface area contributed by atoms with Crippen LogP contribution < -0.4 is 4.74 Å². The number of carbonyl (C=O) groups is 1. The highest BCUT2D eigenvalue weighted by atomic mass is 16.5. The van der Waals surface area contributed by atoms with Crippen LogP contribution in [0.15, 0.2) is 78.4 Å². The summed E-state index contributed by atoms with van der Waals surface area (Å²) in [5.41, 5.74) is 5.10. The van der Waals surface area contributed by atoms with Crippen LogP contribution in [-0.4, -0.2) is 12.9 Å². The van der Waals surface area contributed by atoms with Crippen LogP contribution in [-0.2, 0) is 10.8 Å². The van der Waals surface area contributed by atoms with Crippen molar-refractivity contribution in [2.75, 3.05) is 7.11 Å². The van der Waals surface area contributed by atoms with Crippen molar-refractivity contribution in [2.45, 2.75) is 24.7 Å². The van der Waals surface area contributed by atoms with Gasteiger partial charge < -0.3 is 4.74 Å². The van der Waals surface area contributed by atoms with Crippen molar-refractivity contribution in [3.63, 3.8) is 0 Å². The normalized spacial score (nSPS) is 24.8. The Balaban J connectivity index is 1.96. The molecule has 2 atom stereocenters. The molecule has 0 unspecified atom stereocenters. The summed E-state index contributed by atoms with van der Waals surface area (Å²) in [4.78, 5) is 14.2. The molecule has 138 valence electrons. The van der Waals surface area contributed by atoms with Gasteiger partial charge in [-0.15, -0.1) is 0 Å². The number of carbonyl (C=O) groups excluding carboxylic acids is 1. The minimum atomic E-state index is -0.753. The molecule has 0 fully saturated rings. The summed E-state index contributed by atoms with van der Waals surface area (Å²) < 4.78 is 5.44. The zero-order chi connectivity index (χ0) is 19.5. The molecule has 2 aliphatic carbocycles. The lowest BCUT2D eigenvalue weighted by Gasteiger charge is -2.48. The van der Waals surface area contributed by atoms with Gasteiger partial charge in [0, 0.05) is 11.0 Å². The lowest BCUT2D eigenvalue weighted by Crippen LogP contribution is -2.51. The lowest BCUT2D eigenvalue weighted by atomic mass is 9.52. The Morgan fingerprint density at radius 3 is 2.32 bits per heavy atom. The summed E-state index contributed by atoms with van der Waals surface area (Å²) in [6.07, 6.45) is 2.19. The molecular formula is C26H22O2. The molecule has 0 spiro atoms. The highest BCUT2D eigenvalue weighted by Crippen LogP contribution is 2.62. The first-order chi connectivity index (χ1) is 13.5. The van der Waals surface area contributed by atoms with Crippen LogP contribution in [0.1, 0.15) is 46.5 Å². The van der Waals surface area contributed by atoms with Crippen molar-refractivity contribution in [1.82, 2.24) is 0 Å². The fraction of sp³-hybridized carbons (Fsp3) is 0.192. The predicted octanol–water partition coefficient (Wildman–Crippen LogP) is 5.55. The highest BCUT2D eigenvalue weighted by Gasteiger charge is 2.64. The number of hydrogen-bond donors (Lipinski definition) is 0. The lowest BCUT2D eigenvalue weighted by molar-refractivity contribution is 0.0890. The predicted molar refractivity (Wildman–Crippen MR) is 112 cm³/mol. The van der Waals surface area contributed by atoms with Gasteiger partial charge in [-0.25, -0.2) is 0 Å². The zero-order valence-electron chi connectivity index (χ0n) is 16.3. The molecule has 3 aromatic rings. The first kappa shape index (κ1) is 17.0. The summed E-state index contributed by atoms with van der Waals surface area (Å²) in [6, 6.07) is 24.6. The second-order valence-electron chi connectivity index (χ2n) is 7.90. The van der Waals surface area contributed by atoms with E-state index in [1.165, 1.54) is 11.1 Å². The second-order valence-corrected chi connectivity index (χ2v) is 7.90. The molecule has 0 saturated heterocycles. The Morgan fingerprint density at radius 2 is 1.57 bits per heavy atom. The minimum absolute atomic E-state index is 0.151. The van der Waals surface area contributed by atoms with Gasteiger partial charge in [-0.2, -0.15) is 0 Å². The molecule has 28 heavy (non-hydrogen) atoms. The Kier molecular flexibility index (Phi) is 3.45. The molecule has 0 aliphatic heterocycles. The van der Waals surface area contributed by atoms with Gasteiger partial charge in [0.05, 0.1) is 12.5 Å². The highest BCUT2D eigenvalue weighted by molar-refractivity contribution is 6.15. The quantitative estimate of drug-likeness (QED) is 0.594. The van der Waals surface area contributed by atoms with Crippen molar-refractivity contribution >= 4 is 11.9 Å². The van der Waals surface area contributed by atoms with Crippen molar-refractivity contribution < 1.29 is 9.53 Å². The average molecular weight is 366 g/mol. The molecule has 0 amide bonds. The van der Waals surface area contributed by atoms with E-state index in [9.17, 15) is 4.79 Å². The molecule has 0 bridgehead atoms. The summed E-state index contributed by atoms with van der Waals surface area (Å²) in [7, 11) is 1.64. The Hall–Kier alpha value is -3.13. The SMILES string of the molecule is COc1ccc2c(c1)C(=O)[C@]1(c3ccccc3)C(C)=Cc3ccccc3[C@]21C. The second kappa shape index (κ2) is 5.68. The number of rotatable bonds is 2. The third kappa shape index (κ3) is 1.80. The third-order valence-corrected chi connectivity index (χ3v) is 6.77. The maximum Gasteiger partial charge on any atom is 0.179 e. The maximum absolute atomic E-state index is 14.2. The number of allylic oxidation sites excluding steroid dienone is 1. The fourth-order valence-corrected chi connectivity index (χ4v) is 5.58. The first-order valence-corrected chi connectivity index (χ1v) is 9.62. The molecule has 0 N–H and O–H groups in total. The van der Waals surface area contributed by atoms with Crippen LogP contribution in [0, 0.1) is 0 Å². The summed E-state index contributed by atoms with van der Waals surface area (Å²) >= 11 is 0. The van der Waals surface area contributed by atoms with Crippen LogP contribution in [0.4, 0.5) is 0 Å². The smallest absolute Gasteiger partial charge is 0.179 e. The molecule has 3 aromatic carbocycles. The van der Waals surface area contributed by atoms with Gasteiger partial charge in [-0.1, -0.05) is 72.3 Å². The molecule has 2 aliphatic rings. The van der Waals surface area contributed by atoms with Crippen molar-refractivity contribution in [2.24, 2.45) is 0 Å². The summed E-state index contributed by atoms with van der Waals surface area (Å²) in [5, 5.41) is 0. The number of methoxy groups -OCH3 is 1. The zero-order valence-corrected chi connectivity index (χ0v) is 16.3. The Bertz CT molecular complexity index is 1140. The molecular weight excluding hydrogens is 344 g/mol.